The smallest absolute Gasteiger partial charge is 0.270 e. The van der Waals surface area contributed by atoms with Crippen molar-refractivity contribution in [3.8, 4) is 0 Å². The Bertz CT molecular complexity index is 687. The molecule has 1 N–H and O–H groups in total. The van der Waals surface area contributed by atoms with E-state index in [9.17, 15) is 14.9 Å². The van der Waals surface area contributed by atoms with Crippen LogP contribution in [0.25, 0.3) is 10.2 Å². The molecule has 0 radical (unpaired) electrons. The van der Waals surface area contributed by atoms with Crippen molar-refractivity contribution in [1.29, 1.82) is 0 Å². The number of hydrogen-bond donors (Lipinski definition) is 1. The van der Waals surface area contributed by atoms with Gasteiger partial charge in [0.2, 0.25) is 5.91 Å². The van der Waals surface area contributed by atoms with Crippen molar-refractivity contribution in [2.75, 3.05) is 5.75 Å². The van der Waals surface area contributed by atoms with E-state index in [-0.39, 0.29) is 17.6 Å². The lowest BCUT2D eigenvalue weighted by molar-refractivity contribution is -0.384. The summed E-state index contributed by atoms with van der Waals surface area (Å²) in [4.78, 5) is 26.5. The fraction of sp³-hybridized carbons (Fsp3) is 0.429. The van der Waals surface area contributed by atoms with Gasteiger partial charge >= 0.3 is 0 Å². The molecule has 8 heteroatoms. The van der Waals surface area contributed by atoms with Crippen molar-refractivity contribution in [2.45, 2.75) is 37.1 Å². The Morgan fingerprint density at radius 2 is 2.32 bits per heavy atom. The van der Waals surface area contributed by atoms with Crippen LogP contribution in [0, 0.1) is 10.1 Å². The Balaban J connectivity index is 1.97. The van der Waals surface area contributed by atoms with E-state index in [1.165, 1.54) is 35.2 Å². The molecule has 1 atom stereocenters. The lowest BCUT2D eigenvalue weighted by Gasteiger charge is -2.11. The summed E-state index contributed by atoms with van der Waals surface area (Å²) in [6.07, 6.45) is 1.99. The monoisotopic (exact) mass is 339 g/mol. The second-order valence-electron chi connectivity index (χ2n) is 4.93. The van der Waals surface area contributed by atoms with Crippen molar-refractivity contribution in [2.24, 2.45) is 0 Å². The van der Waals surface area contributed by atoms with E-state index in [0.29, 0.717) is 5.75 Å². The number of amides is 1. The minimum Gasteiger partial charge on any atom is -0.353 e. The summed E-state index contributed by atoms with van der Waals surface area (Å²) in [5.74, 6) is 0.284. The normalized spacial score (nSPS) is 12.3. The molecule has 0 fully saturated rings. The first-order valence-electron chi connectivity index (χ1n) is 6.96. The molecule has 2 aromatic rings. The molecule has 1 heterocycles. The molecule has 1 amide bonds. The lowest BCUT2D eigenvalue weighted by Crippen LogP contribution is -2.33. The van der Waals surface area contributed by atoms with Gasteiger partial charge in [0.05, 0.1) is 20.9 Å². The predicted molar refractivity (Wildman–Crippen MR) is 89.5 cm³/mol. The highest BCUT2D eigenvalue weighted by Gasteiger charge is 2.12. The summed E-state index contributed by atoms with van der Waals surface area (Å²) < 4.78 is 1.50. The van der Waals surface area contributed by atoms with E-state index in [4.69, 9.17) is 0 Å². The van der Waals surface area contributed by atoms with Gasteiger partial charge in [0, 0.05) is 18.2 Å². The van der Waals surface area contributed by atoms with Crippen LogP contribution >= 0.6 is 23.1 Å². The molecular formula is C14H17N3O3S2. The first-order valence-corrected chi connectivity index (χ1v) is 8.77. The molecule has 0 saturated carbocycles. The number of non-ortho nitro benzene ring substituents is 1. The Labute approximate surface area is 136 Å². The Morgan fingerprint density at radius 3 is 3.00 bits per heavy atom. The molecule has 0 unspecified atom stereocenters. The molecule has 1 aromatic carbocycles. The maximum Gasteiger partial charge on any atom is 0.270 e. The van der Waals surface area contributed by atoms with Crippen LogP contribution in [0.3, 0.4) is 0 Å². The number of carbonyl (C=O) groups is 1. The predicted octanol–water partition coefficient (Wildman–Crippen LogP) is 3.60. The molecule has 0 bridgehead atoms. The van der Waals surface area contributed by atoms with Crippen LogP contribution in [0.1, 0.15) is 26.7 Å². The van der Waals surface area contributed by atoms with Gasteiger partial charge in [-0.15, -0.1) is 11.3 Å². The number of thiazole rings is 1. The molecule has 0 saturated heterocycles. The first kappa shape index (κ1) is 16.7. The first-order chi connectivity index (χ1) is 10.5. The van der Waals surface area contributed by atoms with Crippen molar-refractivity contribution in [3.63, 3.8) is 0 Å². The zero-order valence-corrected chi connectivity index (χ0v) is 14.0. The number of rotatable bonds is 7. The Kier molecular flexibility index (Phi) is 5.73. The molecule has 1 aromatic heterocycles. The number of carbonyl (C=O) groups excluding carboxylic acids is 1. The highest BCUT2D eigenvalue weighted by Crippen LogP contribution is 2.31. The average Bonchev–Trinajstić information content (AvgIpc) is 2.87. The Morgan fingerprint density at radius 1 is 1.55 bits per heavy atom. The zero-order chi connectivity index (χ0) is 16.1. The number of nitro groups is 1. The van der Waals surface area contributed by atoms with Gasteiger partial charge in [-0.05, 0) is 19.4 Å². The fourth-order valence-electron chi connectivity index (χ4n) is 2.02. The van der Waals surface area contributed by atoms with Crippen molar-refractivity contribution in [1.82, 2.24) is 10.3 Å². The second-order valence-corrected chi connectivity index (χ2v) is 7.19. The molecule has 2 rings (SSSR count). The molecule has 118 valence electrons. The van der Waals surface area contributed by atoms with Gasteiger partial charge in [0.25, 0.3) is 5.69 Å². The third-order valence-corrected chi connectivity index (χ3v) is 5.18. The fourth-order valence-corrected chi connectivity index (χ4v) is 3.93. The number of nitrogens with one attached hydrogen (secondary N) is 1. The van der Waals surface area contributed by atoms with Gasteiger partial charge in [-0.3, -0.25) is 14.9 Å². The van der Waals surface area contributed by atoms with Gasteiger partial charge < -0.3 is 5.32 Å². The third kappa shape index (κ3) is 4.41. The van der Waals surface area contributed by atoms with Gasteiger partial charge in [-0.25, -0.2) is 4.98 Å². The van der Waals surface area contributed by atoms with Gasteiger partial charge in [0.1, 0.15) is 0 Å². The zero-order valence-electron chi connectivity index (χ0n) is 12.4. The summed E-state index contributed by atoms with van der Waals surface area (Å²) in [7, 11) is 0. The van der Waals surface area contributed by atoms with E-state index in [1.807, 2.05) is 6.92 Å². The number of fused-ring (bicyclic) bond motifs is 1. The van der Waals surface area contributed by atoms with Crippen molar-refractivity contribution >= 4 is 44.9 Å². The summed E-state index contributed by atoms with van der Waals surface area (Å²) in [5, 5.41) is 13.7. The highest BCUT2D eigenvalue weighted by molar-refractivity contribution is 8.01. The molecular weight excluding hydrogens is 322 g/mol. The number of nitro benzene ring substituents is 1. The second kappa shape index (κ2) is 7.55. The molecule has 22 heavy (non-hydrogen) atoms. The van der Waals surface area contributed by atoms with Crippen LogP contribution in [0.5, 0.6) is 0 Å². The van der Waals surface area contributed by atoms with E-state index in [0.717, 1.165) is 27.4 Å². The maximum absolute atomic E-state index is 11.8. The number of nitrogens with zero attached hydrogens (tertiary/aromatic N) is 2. The number of thioether (sulfide) groups is 1. The van der Waals surface area contributed by atoms with Gasteiger partial charge in [0.15, 0.2) is 4.34 Å². The van der Waals surface area contributed by atoms with E-state index >= 15 is 0 Å². The van der Waals surface area contributed by atoms with E-state index in [2.05, 4.69) is 17.2 Å². The summed E-state index contributed by atoms with van der Waals surface area (Å²) in [5.41, 5.74) is 0.775. The summed E-state index contributed by atoms with van der Waals surface area (Å²) in [6.45, 7) is 4.07. The molecule has 6 nitrogen and oxygen atoms in total. The van der Waals surface area contributed by atoms with E-state index in [1.54, 1.807) is 6.07 Å². The average molecular weight is 339 g/mol. The van der Waals surface area contributed by atoms with Crippen LogP contribution in [-0.2, 0) is 4.79 Å². The summed E-state index contributed by atoms with van der Waals surface area (Å²) in [6, 6.07) is 4.77. The number of benzene rings is 1. The minimum atomic E-state index is -0.422. The summed E-state index contributed by atoms with van der Waals surface area (Å²) >= 11 is 2.72. The topological polar surface area (TPSA) is 85.1 Å². The van der Waals surface area contributed by atoms with Crippen LogP contribution < -0.4 is 5.32 Å². The highest BCUT2D eigenvalue weighted by atomic mass is 32.2. The van der Waals surface area contributed by atoms with Crippen LogP contribution in [0.15, 0.2) is 22.5 Å². The Hall–Kier alpha value is -1.67. The standard InChI is InChI=1S/C14H17N3O3S2/c1-3-4-9(2)15-13(18)8-21-14-16-11-6-5-10(17(19)20)7-12(11)22-14/h5-7,9H,3-4,8H2,1-2H3,(H,15,18)/t9-/m0/s1. The van der Waals surface area contributed by atoms with Crippen LogP contribution in [-0.4, -0.2) is 27.6 Å². The van der Waals surface area contributed by atoms with Crippen molar-refractivity contribution in [3.05, 3.63) is 28.3 Å². The number of aromatic nitrogens is 1. The van der Waals surface area contributed by atoms with Crippen LogP contribution in [0.2, 0.25) is 0 Å². The molecule has 0 aliphatic carbocycles. The SMILES string of the molecule is CCC[C@H](C)NC(=O)CSc1nc2ccc([N+](=O)[O-])cc2s1. The minimum absolute atomic E-state index is 0.0174. The van der Waals surface area contributed by atoms with Crippen LogP contribution in [0.4, 0.5) is 5.69 Å². The molecule has 0 aliphatic rings. The van der Waals surface area contributed by atoms with Gasteiger partial charge in [-0.1, -0.05) is 25.1 Å². The third-order valence-electron chi connectivity index (χ3n) is 3.02. The quantitative estimate of drug-likeness (QED) is 0.473. The maximum atomic E-state index is 11.8. The largest absolute Gasteiger partial charge is 0.353 e. The van der Waals surface area contributed by atoms with Gasteiger partial charge in [-0.2, -0.15) is 0 Å². The molecule has 0 spiro atoms. The van der Waals surface area contributed by atoms with Crippen molar-refractivity contribution < 1.29 is 9.72 Å². The number of hydrogen-bond acceptors (Lipinski definition) is 6. The van der Waals surface area contributed by atoms with E-state index < -0.39 is 4.92 Å². The lowest BCUT2D eigenvalue weighted by atomic mass is 10.2. The molecule has 0 aliphatic heterocycles.